The summed E-state index contributed by atoms with van der Waals surface area (Å²) in [6.45, 7) is 1.79. The van der Waals surface area contributed by atoms with Crippen molar-refractivity contribution < 1.29 is 18.3 Å². The molecule has 0 amide bonds. The molecule has 0 aliphatic rings. The largest absolute Gasteiger partial charge is 0.390 e. The number of ether oxygens (including phenoxy) is 1. The van der Waals surface area contributed by atoms with E-state index < -0.39 is 10.0 Å². The third-order valence-electron chi connectivity index (χ3n) is 2.52. The minimum absolute atomic E-state index is 0.146. The molecule has 0 aliphatic heterocycles. The second-order valence-electron chi connectivity index (χ2n) is 3.83. The molecule has 0 aliphatic carbocycles. The van der Waals surface area contributed by atoms with Gasteiger partial charge in [-0.2, -0.15) is 0 Å². The Labute approximate surface area is 101 Å². The molecule has 0 bridgehead atoms. The van der Waals surface area contributed by atoms with Crippen LogP contribution in [0.25, 0.3) is 0 Å². The first kappa shape index (κ1) is 14.2. The van der Waals surface area contributed by atoms with Gasteiger partial charge in [-0.25, -0.2) is 13.1 Å². The van der Waals surface area contributed by atoms with E-state index in [-0.39, 0.29) is 24.2 Å². The summed E-state index contributed by atoms with van der Waals surface area (Å²) in [5.74, 6) is 0. The van der Waals surface area contributed by atoms with Crippen molar-refractivity contribution in [3.63, 3.8) is 0 Å². The van der Waals surface area contributed by atoms with Gasteiger partial charge in [-0.1, -0.05) is 0 Å². The number of nitrogens with zero attached hydrogens (tertiary/aromatic N) is 1. The van der Waals surface area contributed by atoms with Gasteiger partial charge >= 0.3 is 0 Å². The van der Waals surface area contributed by atoms with Gasteiger partial charge in [0.2, 0.25) is 10.0 Å². The van der Waals surface area contributed by atoms with Crippen LogP contribution >= 0.6 is 0 Å². The first-order chi connectivity index (χ1) is 7.90. The van der Waals surface area contributed by atoms with Crippen LogP contribution in [-0.4, -0.2) is 37.8 Å². The quantitative estimate of drug-likeness (QED) is 0.746. The predicted molar refractivity (Wildman–Crippen MR) is 63.0 cm³/mol. The molecule has 0 saturated heterocycles. The molecule has 0 fully saturated rings. The summed E-state index contributed by atoms with van der Waals surface area (Å²) < 4.78 is 32.7. The number of aryl methyl sites for hydroxylation is 1. The second kappa shape index (κ2) is 5.63. The summed E-state index contributed by atoms with van der Waals surface area (Å²) >= 11 is 0. The summed E-state index contributed by atoms with van der Waals surface area (Å²) in [6.07, 6.45) is 1.27. The Morgan fingerprint density at radius 3 is 2.71 bits per heavy atom. The van der Waals surface area contributed by atoms with Crippen LogP contribution in [0, 0.1) is 0 Å². The molecule has 0 spiro atoms. The average molecular weight is 262 g/mol. The van der Waals surface area contributed by atoms with E-state index in [1.165, 1.54) is 19.4 Å². The van der Waals surface area contributed by atoms with Crippen LogP contribution in [0.1, 0.15) is 12.6 Å². The van der Waals surface area contributed by atoms with Gasteiger partial charge in [0.15, 0.2) is 0 Å². The highest BCUT2D eigenvalue weighted by molar-refractivity contribution is 7.89. The maximum Gasteiger partial charge on any atom is 0.242 e. The molecule has 17 heavy (non-hydrogen) atoms. The van der Waals surface area contributed by atoms with Gasteiger partial charge in [0.05, 0.1) is 17.6 Å². The summed E-state index contributed by atoms with van der Waals surface area (Å²) in [7, 11) is -0.337. The van der Waals surface area contributed by atoms with Gasteiger partial charge < -0.3 is 14.4 Å². The van der Waals surface area contributed by atoms with E-state index in [9.17, 15) is 8.42 Å². The predicted octanol–water partition coefficient (Wildman–Crippen LogP) is -0.169. The number of aromatic nitrogens is 1. The van der Waals surface area contributed by atoms with Crippen LogP contribution in [0.2, 0.25) is 0 Å². The van der Waals surface area contributed by atoms with Crippen molar-refractivity contribution in [1.29, 1.82) is 0 Å². The van der Waals surface area contributed by atoms with Crippen LogP contribution in [0.4, 0.5) is 0 Å². The normalized spacial score (nSPS) is 13.9. The summed E-state index contributed by atoms with van der Waals surface area (Å²) in [5, 5.41) is 9.00. The lowest BCUT2D eigenvalue weighted by Gasteiger charge is -2.10. The zero-order valence-corrected chi connectivity index (χ0v) is 11.0. The highest BCUT2D eigenvalue weighted by Crippen LogP contribution is 2.13. The SMILES string of the molecule is COC(C)CNS(=O)(=O)c1cc(CO)n(C)c1. The second-order valence-corrected chi connectivity index (χ2v) is 5.60. The third-order valence-corrected chi connectivity index (χ3v) is 3.91. The highest BCUT2D eigenvalue weighted by atomic mass is 32.2. The Kier molecular flexibility index (Phi) is 4.70. The molecule has 1 aromatic rings. The molecule has 0 aromatic carbocycles. The lowest BCUT2D eigenvalue weighted by atomic mass is 10.4. The van der Waals surface area contributed by atoms with E-state index >= 15 is 0 Å². The van der Waals surface area contributed by atoms with E-state index in [1.807, 2.05) is 0 Å². The minimum Gasteiger partial charge on any atom is -0.390 e. The number of sulfonamides is 1. The summed E-state index contributed by atoms with van der Waals surface area (Å²) in [5.41, 5.74) is 0.546. The fraction of sp³-hybridized carbons (Fsp3) is 0.600. The molecule has 0 radical (unpaired) electrons. The van der Waals surface area contributed by atoms with Crippen molar-refractivity contribution in [2.24, 2.45) is 7.05 Å². The van der Waals surface area contributed by atoms with Crippen molar-refractivity contribution in [2.75, 3.05) is 13.7 Å². The number of rotatable bonds is 6. The summed E-state index contributed by atoms with van der Waals surface area (Å²) in [6, 6.07) is 1.44. The van der Waals surface area contributed by atoms with E-state index in [0.717, 1.165) is 0 Å². The van der Waals surface area contributed by atoms with Crippen LogP contribution in [0.15, 0.2) is 17.2 Å². The van der Waals surface area contributed by atoms with E-state index in [1.54, 1.807) is 18.5 Å². The van der Waals surface area contributed by atoms with E-state index in [4.69, 9.17) is 9.84 Å². The molecule has 1 heterocycles. The molecule has 6 nitrogen and oxygen atoms in total. The highest BCUT2D eigenvalue weighted by Gasteiger charge is 2.17. The van der Waals surface area contributed by atoms with Gasteiger partial charge in [0, 0.05) is 32.6 Å². The standard InChI is InChI=1S/C10H18N2O4S/c1-8(16-3)5-11-17(14,15)10-4-9(7-13)12(2)6-10/h4,6,8,11,13H,5,7H2,1-3H3. The zero-order valence-electron chi connectivity index (χ0n) is 10.2. The Morgan fingerprint density at radius 2 is 2.24 bits per heavy atom. The molecular formula is C10H18N2O4S. The maximum absolute atomic E-state index is 11.9. The van der Waals surface area contributed by atoms with Gasteiger partial charge in [-0.05, 0) is 13.0 Å². The number of methoxy groups -OCH3 is 1. The zero-order chi connectivity index (χ0) is 13.1. The van der Waals surface area contributed by atoms with Crippen molar-refractivity contribution in [2.45, 2.75) is 24.5 Å². The molecule has 2 N–H and O–H groups in total. The first-order valence-electron chi connectivity index (χ1n) is 5.19. The number of aliphatic hydroxyl groups is 1. The Balaban J connectivity index is 2.82. The Bertz CT molecular complexity index is 467. The van der Waals surface area contributed by atoms with Crippen LogP contribution in [0.3, 0.4) is 0 Å². The van der Waals surface area contributed by atoms with E-state index in [2.05, 4.69) is 4.72 Å². The number of aliphatic hydroxyl groups excluding tert-OH is 1. The Hall–Kier alpha value is -0.890. The molecule has 98 valence electrons. The fourth-order valence-corrected chi connectivity index (χ4v) is 2.48. The molecule has 0 saturated carbocycles. The number of hydrogen-bond donors (Lipinski definition) is 2. The van der Waals surface area contributed by atoms with Crippen LogP contribution in [-0.2, 0) is 28.4 Å². The fourth-order valence-electron chi connectivity index (χ4n) is 1.27. The maximum atomic E-state index is 11.9. The van der Waals surface area contributed by atoms with Gasteiger partial charge in [-0.15, -0.1) is 0 Å². The monoisotopic (exact) mass is 262 g/mol. The molecule has 1 rings (SSSR count). The molecule has 1 atom stereocenters. The lowest BCUT2D eigenvalue weighted by Crippen LogP contribution is -2.31. The van der Waals surface area contributed by atoms with E-state index in [0.29, 0.717) is 5.69 Å². The lowest BCUT2D eigenvalue weighted by molar-refractivity contribution is 0.122. The van der Waals surface area contributed by atoms with Crippen LogP contribution in [0.5, 0.6) is 0 Å². The van der Waals surface area contributed by atoms with Gasteiger partial charge in [-0.3, -0.25) is 0 Å². The van der Waals surface area contributed by atoms with Gasteiger partial charge in [0.25, 0.3) is 0 Å². The molecular weight excluding hydrogens is 244 g/mol. The van der Waals surface area contributed by atoms with Crippen molar-refractivity contribution in [3.05, 3.63) is 18.0 Å². The minimum atomic E-state index is -3.54. The van der Waals surface area contributed by atoms with Crippen molar-refractivity contribution >= 4 is 10.0 Å². The first-order valence-corrected chi connectivity index (χ1v) is 6.67. The average Bonchev–Trinajstić information content (AvgIpc) is 2.68. The molecule has 1 aromatic heterocycles. The van der Waals surface area contributed by atoms with Crippen molar-refractivity contribution in [3.8, 4) is 0 Å². The smallest absolute Gasteiger partial charge is 0.242 e. The topological polar surface area (TPSA) is 80.6 Å². The van der Waals surface area contributed by atoms with Gasteiger partial charge in [0.1, 0.15) is 0 Å². The Morgan fingerprint density at radius 1 is 1.59 bits per heavy atom. The summed E-state index contributed by atoms with van der Waals surface area (Å²) in [4.78, 5) is 0.146. The number of nitrogens with one attached hydrogen (secondary N) is 1. The van der Waals surface area contributed by atoms with Crippen molar-refractivity contribution in [1.82, 2.24) is 9.29 Å². The van der Waals surface area contributed by atoms with Crippen LogP contribution < -0.4 is 4.72 Å². The third kappa shape index (κ3) is 3.53. The molecule has 7 heteroatoms. The molecule has 1 unspecified atom stereocenters. The number of hydrogen-bond acceptors (Lipinski definition) is 4.